The van der Waals surface area contributed by atoms with Crippen LogP contribution in [-0.2, 0) is 0 Å². The Morgan fingerprint density at radius 3 is 2.76 bits per heavy atom. The Hall–Kier alpha value is -3.32. The average molecular weight is 386 g/mol. The van der Waals surface area contributed by atoms with Crippen LogP contribution < -0.4 is 4.90 Å². The molecule has 0 spiro atoms. The number of nitrogens with zero attached hydrogens (tertiary/aromatic N) is 5. The van der Waals surface area contributed by atoms with Crippen LogP contribution in [0.5, 0.6) is 0 Å². The van der Waals surface area contributed by atoms with Crippen LogP contribution in [0.15, 0.2) is 48.9 Å². The summed E-state index contributed by atoms with van der Waals surface area (Å²) in [6.07, 6.45) is 6.70. The van der Waals surface area contributed by atoms with Gasteiger partial charge in [-0.05, 0) is 49.6 Å². The molecule has 0 atom stereocenters. The molecule has 4 aromatic heterocycles. The van der Waals surface area contributed by atoms with Gasteiger partial charge in [0.05, 0.1) is 29.2 Å². The van der Waals surface area contributed by atoms with Crippen LogP contribution in [0.1, 0.15) is 18.4 Å². The molecule has 4 aromatic rings. The lowest BCUT2D eigenvalue weighted by atomic mass is 10.1. The molecule has 7 nitrogen and oxygen atoms in total. The van der Waals surface area contributed by atoms with Crippen molar-refractivity contribution in [1.82, 2.24) is 25.1 Å². The van der Waals surface area contributed by atoms with Crippen LogP contribution in [0.3, 0.4) is 0 Å². The molecule has 5 heterocycles. The summed E-state index contributed by atoms with van der Waals surface area (Å²) in [6, 6.07) is 10.0. The highest BCUT2D eigenvalue weighted by Crippen LogP contribution is 2.30. The van der Waals surface area contributed by atoms with Crippen LogP contribution in [0.2, 0.25) is 0 Å². The molecule has 0 aliphatic carbocycles. The number of piperidine rings is 1. The highest BCUT2D eigenvalue weighted by atomic mass is 16.3. The summed E-state index contributed by atoms with van der Waals surface area (Å²) in [5.74, 6) is 0.965. The Morgan fingerprint density at radius 1 is 1.10 bits per heavy atom. The predicted octanol–water partition coefficient (Wildman–Crippen LogP) is 3.35. The summed E-state index contributed by atoms with van der Waals surface area (Å²) in [4.78, 5) is 15.9. The number of pyridine rings is 3. The highest BCUT2D eigenvalue weighted by molar-refractivity contribution is 5.93. The zero-order chi connectivity index (χ0) is 19.8. The van der Waals surface area contributed by atoms with E-state index in [2.05, 4.69) is 38.1 Å². The number of nitrogens with one attached hydrogen (secondary N) is 1. The van der Waals surface area contributed by atoms with Crippen LogP contribution in [0, 0.1) is 6.92 Å². The number of aromatic nitrogens is 5. The van der Waals surface area contributed by atoms with Gasteiger partial charge in [0.15, 0.2) is 0 Å². The zero-order valence-electron chi connectivity index (χ0n) is 16.2. The van der Waals surface area contributed by atoms with Crippen molar-refractivity contribution in [3.63, 3.8) is 0 Å². The number of hydrogen-bond acceptors (Lipinski definition) is 6. The molecule has 0 radical (unpaired) electrons. The lowest BCUT2D eigenvalue weighted by Crippen LogP contribution is -2.36. The third kappa shape index (κ3) is 3.34. The van der Waals surface area contributed by atoms with Crippen LogP contribution >= 0.6 is 0 Å². The van der Waals surface area contributed by atoms with Crippen molar-refractivity contribution >= 4 is 16.7 Å². The van der Waals surface area contributed by atoms with E-state index in [0.717, 1.165) is 70.9 Å². The lowest BCUT2D eigenvalue weighted by molar-refractivity contribution is 0.145. The van der Waals surface area contributed by atoms with E-state index in [1.54, 1.807) is 18.6 Å². The first kappa shape index (κ1) is 17.8. The molecule has 0 saturated carbocycles. The van der Waals surface area contributed by atoms with Gasteiger partial charge in [0.1, 0.15) is 11.5 Å². The van der Waals surface area contributed by atoms with Crippen LogP contribution in [-0.4, -0.2) is 49.4 Å². The van der Waals surface area contributed by atoms with E-state index >= 15 is 0 Å². The van der Waals surface area contributed by atoms with E-state index < -0.39 is 0 Å². The molecule has 0 unspecified atom stereocenters. The molecule has 146 valence electrons. The maximum atomic E-state index is 9.81. The summed E-state index contributed by atoms with van der Waals surface area (Å²) >= 11 is 0. The quantitative estimate of drug-likeness (QED) is 0.561. The van der Waals surface area contributed by atoms with Gasteiger partial charge in [-0.2, -0.15) is 5.10 Å². The minimum Gasteiger partial charge on any atom is -0.393 e. The van der Waals surface area contributed by atoms with E-state index in [9.17, 15) is 5.11 Å². The van der Waals surface area contributed by atoms with Crippen molar-refractivity contribution < 1.29 is 5.11 Å². The second-order valence-corrected chi connectivity index (χ2v) is 7.48. The largest absolute Gasteiger partial charge is 0.393 e. The second-order valence-electron chi connectivity index (χ2n) is 7.48. The van der Waals surface area contributed by atoms with Gasteiger partial charge in [0, 0.05) is 36.4 Å². The number of aliphatic hydroxyl groups is 1. The highest BCUT2D eigenvalue weighted by Gasteiger charge is 2.21. The van der Waals surface area contributed by atoms with Crippen molar-refractivity contribution in [2.75, 3.05) is 18.0 Å². The van der Waals surface area contributed by atoms with Gasteiger partial charge < -0.3 is 10.0 Å². The van der Waals surface area contributed by atoms with E-state index in [1.807, 2.05) is 24.3 Å². The SMILES string of the molecule is Cc1ccc(-c2n[nH]c3cnc(-c4cccnc4)cc23)nc1N1CCC(O)CC1. The molecule has 0 bridgehead atoms. The minimum atomic E-state index is -0.205. The van der Waals surface area contributed by atoms with Crippen molar-refractivity contribution in [2.24, 2.45) is 0 Å². The molecule has 5 rings (SSSR count). The van der Waals surface area contributed by atoms with Gasteiger partial charge in [-0.25, -0.2) is 4.98 Å². The monoisotopic (exact) mass is 386 g/mol. The maximum absolute atomic E-state index is 9.81. The molecular weight excluding hydrogens is 364 g/mol. The number of hydrogen-bond donors (Lipinski definition) is 2. The summed E-state index contributed by atoms with van der Waals surface area (Å²) in [7, 11) is 0. The van der Waals surface area contributed by atoms with E-state index in [0.29, 0.717) is 0 Å². The molecule has 1 saturated heterocycles. The average Bonchev–Trinajstić information content (AvgIpc) is 3.19. The fourth-order valence-corrected chi connectivity index (χ4v) is 3.83. The fourth-order valence-electron chi connectivity index (χ4n) is 3.83. The van der Waals surface area contributed by atoms with Gasteiger partial charge in [-0.15, -0.1) is 0 Å². The number of anilines is 1. The molecule has 0 amide bonds. The lowest BCUT2D eigenvalue weighted by Gasteiger charge is -2.31. The first-order valence-corrected chi connectivity index (χ1v) is 9.84. The molecular formula is C22H22N6O. The summed E-state index contributed by atoms with van der Waals surface area (Å²) in [5.41, 5.74) is 5.45. The third-order valence-corrected chi connectivity index (χ3v) is 5.48. The predicted molar refractivity (Wildman–Crippen MR) is 113 cm³/mol. The van der Waals surface area contributed by atoms with Gasteiger partial charge >= 0.3 is 0 Å². The topological polar surface area (TPSA) is 90.8 Å². The van der Waals surface area contributed by atoms with Gasteiger partial charge in [0.25, 0.3) is 0 Å². The first-order valence-electron chi connectivity index (χ1n) is 9.84. The number of H-pyrrole nitrogens is 1. The smallest absolute Gasteiger partial charge is 0.132 e. The number of aliphatic hydroxyl groups excluding tert-OH is 1. The normalized spacial score (nSPS) is 15.2. The summed E-state index contributed by atoms with van der Waals surface area (Å²) in [6.45, 7) is 3.70. The Kier molecular flexibility index (Phi) is 4.44. The molecule has 1 aliphatic heterocycles. The van der Waals surface area contributed by atoms with E-state index in [1.165, 1.54) is 0 Å². The van der Waals surface area contributed by atoms with Crippen LogP contribution in [0.25, 0.3) is 33.5 Å². The van der Waals surface area contributed by atoms with Gasteiger partial charge in [-0.3, -0.25) is 15.1 Å². The van der Waals surface area contributed by atoms with Crippen molar-refractivity contribution in [3.8, 4) is 22.6 Å². The molecule has 1 fully saturated rings. The standard InChI is InChI=1S/C22H22N6O/c1-14-4-5-18(25-22(14)28-9-6-16(29)7-10-28)21-17-11-19(15-3-2-8-23-12-15)24-13-20(17)26-27-21/h2-5,8,11-13,16,29H,6-7,9-10H2,1H3,(H,26,27). The molecule has 0 aromatic carbocycles. The first-order chi connectivity index (χ1) is 14.2. The zero-order valence-corrected chi connectivity index (χ0v) is 16.2. The van der Waals surface area contributed by atoms with E-state index in [4.69, 9.17) is 4.98 Å². The summed E-state index contributed by atoms with van der Waals surface area (Å²) < 4.78 is 0. The number of fused-ring (bicyclic) bond motifs is 1. The fraction of sp³-hybridized carbons (Fsp3) is 0.273. The Morgan fingerprint density at radius 2 is 1.97 bits per heavy atom. The second kappa shape index (κ2) is 7.25. The van der Waals surface area contributed by atoms with Crippen LogP contribution in [0.4, 0.5) is 5.82 Å². The Balaban J connectivity index is 1.56. The van der Waals surface area contributed by atoms with Crippen molar-refractivity contribution in [2.45, 2.75) is 25.9 Å². The molecule has 29 heavy (non-hydrogen) atoms. The number of rotatable bonds is 3. The summed E-state index contributed by atoms with van der Waals surface area (Å²) in [5, 5.41) is 18.4. The van der Waals surface area contributed by atoms with Gasteiger partial charge in [0.2, 0.25) is 0 Å². The van der Waals surface area contributed by atoms with Crippen molar-refractivity contribution in [1.29, 1.82) is 0 Å². The Bertz CT molecular complexity index is 1150. The van der Waals surface area contributed by atoms with Gasteiger partial charge in [-0.1, -0.05) is 6.07 Å². The Labute approximate surface area is 168 Å². The molecule has 1 aliphatic rings. The molecule has 2 N–H and O–H groups in total. The third-order valence-electron chi connectivity index (χ3n) is 5.48. The number of aromatic amines is 1. The number of aryl methyl sites for hydroxylation is 1. The van der Waals surface area contributed by atoms with E-state index in [-0.39, 0.29) is 6.10 Å². The minimum absolute atomic E-state index is 0.205. The van der Waals surface area contributed by atoms with Crippen molar-refractivity contribution in [3.05, 3.63) is 54.5 Å². The maximum Gasteiger partial charge on any atom is 0.132 e. The molecule has 7 heteroatoms.